The van der Waals surface area contributed by atoms with Crippen LogP contribution in [0, 0.1) is 12.8 Å². The van der Waals surface area contributed by atoms with Crippen LogP contribution in [0.4, 0.5) is 0 Å². The Hall–Kier alpha value is -0.0400. The Morgan fingerprint density at radius 1 is 1.71 bits per heavy atom. The zero-order valence-corrected chi connectivity index (χ0v) is 4.65. The van der Waals surface area contributed by atoms with Crippen LogP contribution in [0.25, 0.3) is 0 Å². The Balaban J connectivity index is 2.36. The van der Waals surface area contributed by atoms with E-state index in [1.807, 2.05) is 0 Å². The molecule has 0 spiro atoms. The smallest absolute Gasteiger partial charge is 0.0648 e. The number of aliphatic hydroxyl groups is 1. The van der Waals surface area contributed by atoms with E-state index >= 15 is 0 Å². The fraction of sp³-hybridized carbons (Fsp3) is 0.833. The van der Waals surface area contributed by atoms with E-state index in [0.717, 1.165) is 12.8 Å². The van der Waals surface area contributed by atoms with Gasteiger partial charge in [-0.3, -0.25) is 0 Å². The molecular weight excluding hydrogens is 88.1 g/mol. The molecule has 1 radical (unpaired) electrons. The lowest BCUT2D eigenvalue weighted by molar-refractivity contribution is 0.0847. The van der Waals surface area contributed by atoms with Crippen LogP contribution >= 0.6 is 0 Å². The molecule has 0 heterocycles. The molecule has 1 heteroatoms. The van der Waals surface area contributed by atoms with Gasteiger partial charge in [-0.25, -0.2) is 0 Å². The summed E-state index contributed by atoms with van der Waals surface area (Å²) in [6, 6.07) is 0. The lowest BCUT2D eigenvalue weighted by atomic mass is 10.0. The molecule has 1 saturated carbocycles. The minimum absolute atomic E-state index is 0.493. The Bertz CT molecular complexity index is 66.7. The zero-order chi connectivity index (χ0) is 5.49. The lowest BCUT2D eigenvalue weighted by Gasteiger charge is -2.13. The molecule has 1 aliphatic rings. The van der Waals surface area contributed by atoms with E-state index < -0.39 is 5.60 Å². The predicted molar refractivity (Wildman–Crippen MR) is 28.7 cm³/mol. The van der Waals surface area contributed by atoms with E-state index in [1.165, 1.54) is 0 Å². The Kier molecular flexibility index (Phi) is 0.890. The first-order valence-corrected chi connectivity index (χ1v) is 2.68. The van der Waals surface area contributed by atoms with Crippen LogP contribution in [0.1, 0.15) is 19.8 Å². The van der Waals surface area contributed by atoms with Crippen LogP contribution < -0.4 is 0 Å². The molecule has 0 aromatic rings. The molecule has 0 aliphatic heterocycles. The van der Waals surface area contributed by atoms with Gasteiger partial charge in [-0.15, -0.1) is 0 Å². The zero-order valence-electron chi connectivity index (χ0n) is 4.65. The highest BCUT2D eigenvalue weighted by atomic mass is 16.3. The van der Waals surface area contributed by atoms with Gasteiger partial charge in [0, 0.05) is 0 Å². The minimum atomic E-state index is -0.639. The molecule has 1 fully saturated rings. The monoisotopic (exact) mass is 99.1 g/mol. The SMILES string of the molecule is [CH2]C(C)(O)C1CC1. The topological polar surface area (TPSA) is 20.2 Å². The normalized spacial score (nSPS) is 22.7. The highest BCUT2D eigenvalue weighted by Crippen LogP contribution is 2.38. The number of hydrogen-bond acceptors (Lipinski definition) is 1. The predicted octanol–water partition coefficient (Wildman–Crippen LogP) is 0.981. The molecule has 41 valence electrons. The average molecular weight is 99.2 g/mol. The van der Waals surface area contributed by atoms with Gasteiger partial charge >= 0.3 is 0 Å². The van der Waals surface area contributed by atoms with Gasteiger partial charge in [0.15, 0.2) is 0 Å². The van der Waals surface area contributed by atoms with E-state index in [9.17, 15) is 0 Å². The highest BCUT2D eigenvalue weighted by Gasteiger charge is 2.35. The second-order valence-electron chi connectivity index (χ2n) is 2.63. The van der Waals surface area contributed by atoms with Crippen molar-refractivity contribution in [2.75, 3.05) is 0 Å². The van der Waals surface area contributed by atoms with E-state index in [1.54, 1.807) is 6.92 Å². The van der Waals surface area contributed by atoms with Crippen molar-refractivity contribution in [1.82, 2.24) is 0 Å². The van der Waals surface area contributed by atoms with Gasteiger partial charge in [0.05, 0.1) is 5.60 Å². The Morgan fingerprint density at radius 2 is 2.14 bits per heavy atom. The third kappa shape index (κ3) is 1.16. The molecule has 0 aromatic carbocycles. The van der Waals surface area contributed by atoms with Crippen molar-refractivity contribution in [3.05, 3.63) is 6.92 Å². The standard InChI is InChI=1S/C6H11O/c1-6(2,7)5-3-4-5/h5,7H,1,3-4H2,2H3. The van der Waals surface area contributed by atoms with Gasteiger partial charge in [0.25, 0.3) is 0 Å². The lowest BCUT2D eigenvalue weighted by Crippen LogP contribution is -2.21. The third-order valence-corrected chi connectivity index (χ3v) is 1.46. The third-order valence-electron chi connectivity index (χ3n) is 1.46. The van der Waals surface area contributed by atoms with Crippen LogP contribution in [-0.2, 0) is 0 Å². The summed E-state index contributed by atoms with van der Waals surface area (Å²) >= 11 is 0. The molecule has 1 N–H and O–H groups in total. The maximum absolute atomic E-state index is 9.05. The summed E-state index contributed by atoms with van der Waals surface area (Å²) in [7, 11) is 0. The molecule has 0 aromatic heterocycles. The molecule has 1 nitrogen and oxygen atoms in total. The minimum Gasteiger partial charge on any atom is -0.390 e. The molecule has 1 unspecified atom stereocenters. The van der Waals surface area contributed by atoms with Crippen molar-refractivity contribution in [2.24, 2.45) is 5.92 Å². The van der Waals surface area contributed by atoms with Crippen molar-refractivity contribution in [1.29, 1.82) is 0 Å². The van der Waals surface area contributed by atoms with Crippen molar-refractivity contribution in [3.8, 4) is 0 Å². The van der Waals surface area contributed by atoms with Crippen LogP contribution in [0.15, 0.2) is 0 Å². The fourth-order valence-corrected chi connectivity index (χ4v) is 0.705. The van der Waals surface area contributed by atoms with Crippen LogP contribution in [0.2, 0.25) is 0 Å². The van der Waals surface area contributed by atoms with E-state index in [4.69, 9.17) is 5.11 Å². The highest BCUT2D eigenvalue weighted by molar-refractivity contribution is 4.92. The first-order chi connectivity index (χ1) is 3.11. The van der Waals surface area contributed by atoms with Gasteiger partial charge in [0.1, 0.15) is 0 Å². The first kappa shape index (κ1) is 5.10. The number of rotatable bonds is 1. The maximum Gasteiger partial charge on any atom is 0.0648 e. The molecule has 0 amide bonds. The summed E-state index contributed by atoms with van der Waals surface area (Å²) in [4.78, 5) is 0. The van der Waals surface area contributed by atoms with Crippen molar-refractivity contribution in [2.45, 2.75) is 25.4 Å². The van der Waals surface area contributed by atoms with Crippen molar-refractivity contribution >= 4 is 0 Å². The van der Waals surface area contributed by atoms with Gasteiger partial charge in [-0.2, -0.15) is 0 Å². The maximum atomic E-state index is 9.05. The molecule has 0 saturated heterocycles. The summed E-state index contributed by atoms with van der Waals surface area (Å²) in [6.45, 7) is 5.36. The van der Waals surface area contributed by atoms with Gasteiger partial charge in [0.2, 0.25) is 0 Å². The van der Waals surface area contributed by atoms with Gasteiger partial charge in [-0.05, 0) is 32.6 Å². The van der Waals surface area contributed by atoms with Gasteiger partial charge < -0.3 is 5.11 Å². The van der Waals surface area contributed by atoms with Crippen LogP contribution in [0.5, 0.6) is 0 Å². The van der Waals surface area contributed by atoms with E-state index in [2.05, 4.69) is 6.92 Å². The molecule has 7 heavy (non-hydrogen) atoms. The molecule has 1 rings (SSSR count). The van der Waals surface area contributed by atoms with E-state index in [-0.39, 0.29) is 0 Å². The number of hydrogen-bond donors (Lipinski definition) is 1. The van der Waals surface area contributed by atoms with E-state index in [0.29, 0.717) is 5.92 Å². The summed E-state index contributed by atoms with van der Waals surface area (Å²) in [5.41, 5.74) is -0.639. The van der Waals surface area contributed by atoms with Crippen molar-refractivity contribution in [3.63, 3.8) is 0 Å². The Morgan fingerprint density at radius 3 is 2.14 bits per heavy atom. The summed E-state index contributed by atoms with van der Waals surface area (Å²) in [6.07, 6.45) is 2.33. The summed E-state index contributed by atoms with van der Waals surface area (Å²) in [5.74, 6) is 0.493. The molecular formula is C6H11O. The summed E-state index contributed by atoms with van der Waals surface area (Å²) in [5, 5.41) is 9.05. The van der Waals surface area contributed by atoms with Crippen LogP contribution in [-0.4, -0.2) is 10.7 Å². The summed E-state index contributed by atoms with van der Waals surface area (Å²) < 4.78 is 0. The quantitative estimate of drug-likeness (QED) is 0.519. The van der Waals surface area contributed by atoms with Crippen LogP contribution in [0.3, 0.4) is 0 Å². The second-order valence-corrected chi connectivity index (χ2v) is 2.63. The van der Waals surface area contributed by atoms with Gasteiger partial charge in [-0.1, -0.05) is 0 Å². The molecule has 0 bridgehead atoms. The first-order valence-electron chi connectivity index (χ1n) is 2.68. The fourth-order valence-electron chi connectivity index (χ4n) is 0.705. The van der Waals surface area contributed by atoms with Crippen molar-refractivity contribution < 1.29 is 5.11 Å². The Labute approximate surface area is 44.4 Å². The molecule has 1 aliphatic carbocycles. The largest absolute Gasteiger partial charge is 0.390 e. The average Bonchev–Trinajstić information content (AvgIpc) is 1.99. The molecule has 1 atom stereocenters. The second kappa shape index (κ2) is 1.22.